The molecule has 0 aromatic rings. The zero-order chi connectivity index (χ0) is 9.97. The van der Waals surface area contributed by atoms with Crippen molar-refractivity contribution in [3.8, 4) is 0 Å². The lowest BCUT2D eigenvalue weighted by Crippen LogP contribution is -2.59. The average Bonchev–Trinajstić information content (AvgIpc) is 2.47. The molecule has 4 nitrogen and oxygen atoms in total. The van der Waals surface area contributed by atoms with Crippen molar-refractivity contribution in [1.29, 1.82) is 0 Å². The minimum Gasteiger partial charge on any atom is -0.352 e. The number of amides is 1. The first kappa shape index (κ1) is 9.93. The number of nitrogens with one attached hydrogen (secondary N) is 2. The van der Waals surface area contributed by atoms with E-state index < -0.39 is 0 Å². The summed E-state index contributed by atoms with van der Waals surface area (Å²) in [6.45, 7) is 6.51. The van der Waals surface area contributed by atoms with Gasteiger partial charge in [0, 0.05) is 38.1 Å². The predicted molar refractivity (Wildman–Crippen MR) is 55.1 cm³/mol. The fourth-order valence-corrected chi connectivity index (χ4v) is 2.17. The van der Waals surface area contributed by atoms with Crippen molar-refractivity contribution in [2.75, 3.05) is 26.2 Å². The number of hydrogen-bond donors (Lipinski definition) is 2. The van der Waals surface area contributed by atoms with Gasteiger partial charge in [0.1, 0.15) is 0 Å². The van der Waals surface area contributed by atoms with Crippen LogP contribution in [0.5, 0.6) is 0 Å². The molecule has 0 aromatic heterocycles. The largest absolute Gasteiger partial charge is 0.352 e. The predicted octanol–water partition coefficient (Wildman–Crippen LogP) is -0.441. The maximum Gasteiger partial charge on any atom is 0.220 e. The molecule has 4 heteroatoms. The maximum atomic E-state index is 11.0. The second-order valence-electron chi connectivity index (χ2n) is 4.20. The zero-order valence-corrected chi connectivity index (χ0v) is 8.75. The minimum absolute atomic E-state index is 0.220. The molecule has 0 saturated carbocycles. The lowest BCUT2D eigenvalue weighted by molar-refractivity contribution is -0.119. The Morgan fingerprint density at radius 3 is 2.71 bits per heavy atom. The van der Waals surface area contributed by atoms with E-state index in [4.69, 9.17) is 0 Å². The van der Waals surface area contributed by atoms with E-state index in [1.165, 1.54) is 0 Å². The van der Waals surface area contributed by atoms with E-state index in [0.717, 1.165) is 32.6 Å². The van der Waals surface area contributed by atoms with E-state index in [0.29, 0.717) is 18.5 Å². The molecule has 0 aliphatic carbocycles. The topological polar surface area (TPSA) is 44.4 Å². The van der Waals surface area contributed by atoms with E-state index in [1.807, 2.05) is 0 Å². The monoisotopic (exact) mass is 197 g/mol. The Balaban J connectivity index is 1.78. The van der Waals surface area contributed by atoms with Gasteiger partial charge < -0.3 is 10.6 Å². The number of carbonyl (C=O) groups is 1. The molecule has 2 saturated heterocycles. The zero-order valence-electron chi connectivity index (χ0n) is 8.75. The van der Waals surface area contributed by atoms with Crippen molar-refractivity contribution in [3.05, 3.63) is 0 Å². The molecule has 1 unspecified atom stereocenters. The third kappa shape index (κ3) is 2.07. The van der Waals surface area contributed by atoms with Crippen molar-refractivity contribution < 1.29 is 4.79 Å². The Hall–Kier alpha value is -0.610. The average molecular weight is 197 g/mol. The molecule has 2 fully saturated rings. The first-order valence-corrected chi connectivity index (χ1v) is 5.53. The summed E-state index contributed by atoms with van der Waals surface area (Å²) in [6.07, 6.45) is 1.72. The van der Waals surface area contributed by atoms with E-state index in [-0.39, 0.29) is 5.91 Å². The lowest BCUT2D eigenvalue weighted by atomic mass is 10.1. The van der Waals surface area contributed by atoms with Gasteiger partial charge in [-0.15, -0.1) is 0 Å². The molecule has 2 heterocycles. The van der Waals surface area contributed by atoms with Crippen molar-refractivity contribution >= 4 is 5.91 Å². The lowest BCUT2D eigenvalue weighted by Gasteiger charge is -2.38. The first-order valence-electron chi connectivity index (χ1n) is 5.53. The van der Waals surface area contributed by atoms with Crippen LogP contribution >= 0.6 is 0 Å². The van der Waals surface area contributed by atoms with Crippen LogP contribution in [0.15, 0.2) is 0 Å². The normalized spacial score (nSPS) is 27.9. The summed E-state index contributed by atoms with van der Waals surface area (Å²) in [5.41, 5.74) is 0. The highest BCUT2D eigenvalue weighted by molar-refractivity contribution is 5.78. The van der Waals surface area contributed by atoms with Gasteiger partial charge in [0.25, 0.3) is 0 Å². The van der Waals surface area contributed by atoms with Crippen LogP contribution < -0.4 is 10.6 Å². The molecule has 0 aromatic carbocycles. The Bertz CT molecular complexity index is 215. The fraction of sp³-hybridized carbons (Fsp3) is 0.900. The van der Waals surface area contributed by atoms with Crippen LogP contribution in [0, 0.1) is 0 Å². The summed E-state index contributed by atoms with van der Waals surface area (Å²) in [7, 11) is 0. The Morgan fingerprint density at radius 2 is 2.29 bits per heavy atom. The molecule has 1 atom stereocenters. The van der Waals surface area contributed by atoms with Crippen LogP contribution in [0.4, 0.5) is 0 Å². The molecule has 0 bridgehead atoms. The standard InChI is InChI=1S/C10H19N3O/c1-2-13(9-5-11-6-9)7-8-3-4-10(14)12-8/h8-9,11H,2-7H2,1H3,(H,12,14). The highest BCUT2D eigenvalue weighted by Gasteiger charge is 2.28. The van der Waals surface area contributed by atoms with E-state index >= 15 is 0 Å². The first-order chi connectivity index (χ1) is 6.79. The Morgan fingerprint density at radius 1 is 1.50 bits per heavy atom. The van der Waals surface area contributed by atoms with E-state index in [9.17, 15) is 4.79 Å². The fourth-order valence-electron chi connectivity index (χ4n) is 2.17. The number of nitrogens with zero attached hydrogens (tertiary/aromatic N) is 1. The highest BCUT2D eigenvalue weighted by Crippen LogP contribution is 2.11. The molecular formula is C10H19N3O. The highest BCUT2D eigenvalue weighted by atomic mass is 16.1. The van der Waals surface area contributed by atoms with E-state index in [1.54, 1.807) is 0 Å². The van der Waals surface area contributed by atoms with Crippen LogP contribution in [-0.4, -0.2) is 49.1 Å². The van der Waals surface area contributed by atoms with Crippen LogP contribution in [0.3, 0.4) is 0 Å². The number of likely N-dealkylation sites (N-methyl/N-ethyl adjacent to an activating group) is 1. The smallest absolute Gasteiger partial charge is 0.220 e. The van der Waals surface area contributed by atoms with Gasteiger partial charge in [0.15, 0.2) is 0 Å². The molecule has 14 heavy (non-hydrogen) atoms. The van der Waals surface area contributed by atoms with Crippen LogP contribution in [-0.2, 0) is 4.79 Å². The van der Waals surface area contributed by atoms with Crippen molar-refractivity contribution in [2.45, 2.75) is 31.8 Å². The molecule has 2 N–H and O–H groups in total. The minimum atomic E-state index is 0.220. The molecule has 2 rings (SSSR count). The van der Waals surface area contributed by atoms with Gasteiger partial charge in [-0.1, -0.05) is 6.92 Å². The van der Waals surface area contributed by atoms with Gasteiger partial charge in [-0.2, -0.15) is 0 Å². The third-order valence-corrected chi connectivity index (χ3v) is 3.22. The summed E-state index contributed by atoms with van der Waals surface area (Å²) < 4.78 is 0. The number of hydrogen-bond acceptors (Lipinski definition) is 3. The van der Waals surface area contributed by atoms with Crippen molar-refractivity contribution in [2.24, 2.45) is 0 Å². The number of carbonyl (C=O) groups excluding carboxylic acids is 1. The summed E-state index contributed by atoms with van der Waals surface area (Å²) in [4.78, 5) is 13.5. The Labute approximate surface area is 85.0 Å². The van der Waals surface area contributed by atoms with Crippen LogP contribution in [0.2, 0.25) is 0 Å². The second kappa shape index (κ2) is 4.28. The summed E-state index contributed by atoms with van der Waals surface area (Å²) in [5, 5.41) is 6.30. The quantitative estimate of drug-likeness (QED) is 0.642. The molecule has 80 valence electrons. The second-order valence-corrected chi connectivity index (χ2v) is 4.20. The molecule has 2 aliphatic heterocycles. The summed E-state index contributed by atoms with van der Waals surface area (Å²) in [5.74, 6) is 0.220. The molecule has 0 radical (unpaired) electrons. The van der Waals surface area contributed by atoms with Gasteiger partial charge in [-0.25, -0.2) is 0 Å². The van der Waals surface area contributed by atoms with Crippen LogP contribution in [0.25, 0.3) is 0 Å². The SMILES string of the molecule is CCN(CC1CCC(=O)N1)C1CNC1. The molecular weight excluding hydrogens is 178 g/mol. The van der Waals surface area contributed by atoms with Crippen LogP contribution in [0.1, 0.15) is 19.8 Å². The third-order valence-electron chi connectivity index (χ3n) is 3.22. The molecule has 2 aliphatic rings. The summed E-state index contributed by atoms with van der Waals surface area (Å²) >= 11 is 0. The van der Waals surface area contributed by atoms with E-state index in [2.05, 4.69) is 22.5 Å². The van der Waals surface area contributed by atoms with Gasteiger partial charge in [-0.3, -0.25) is 9.69 Å². The van der Waals surface area contributed by atoms with Crippen molar-refractivity contribution in [3.63, 3.8) is 0 Å². The van der Waals surface area contributed by atoms with Gasteiger partial charge in [-0.05, 0) is 13.0 Å². The van der Waals surface area contributed by atoms with Crippen molar-refractivity contribution in [1.82, 2.24) is 15.5 Å². The molecule has 0 spiro atoms. The molecule has 1 amide bonds. The maximum absolute atomic E-state index is 11.0. The van der Waals surface area contributed by atoms with Gasteiger partial charge in [0.2, 0.25) is 5.91 Å². The number of rotatable bonds is 4. The summed E-state index contributed by atoms with van der Waals surface area (Å²) in [6, 6.07) is 1.08. The van der Waals surface area contributed by atoms with Gasteiger partial charge >= 0.3 is 0 Å². The Kier molecular flexibility index (Phi) is 3.03. The van der Waals surface area contributed by atoms with Gasteiger partial charge in [0.05, 0.1) is 0 Å².